The van der Waals surface area contributed by atoms with E-state index in [1.165, 1.54) is 7.11 Å². The van der Waals surface area contributed by atoms with Crippen molar-refractivity contribution >= 4 is 5.97 Å². The molecule has 5 nitrogen and oxygen atoms in total. The quantitative estimate of drug-likeness (QED) is 0.826. The molecule has 1 aliphatic carbocycles. The molecule has 1 N–H and O–H groups in total. The van der Waals surface area contributed by atoms with Crippen molar-refractivity contribution in [3.63, 3.8) is 0 Å². The van der Waals surface area contributed by atoms with Gasteiger partial charge in [0.1, 0.15) is 11.2 Å². The van der Waals surface area contributed by atoms with Gasteiger partial charge in [0.2, 0.25) is 0 Å². The summed E-state index contributed by atoms with van der Waals surface area (Å²) < 4.78 is 10.2. The van der Waals surface area contributed by atoms with Crippen molar-refractivity contribution in [3.05, 3.63) is 17.7 Å². The molecule has 1 aliphatic heterocycles. The molecule has 0 radical (unpaired) electrons. The molecule has 3 rings (SSSR count). The molecule has 1 saturated heterocycles. The molecule has 5 heteroatoms. The molecule has 1 saturated carbocycles. The van der Waals surface area contributed by atoms with E-state index in [0.717, 1.165) is 50.4 Å². The van der Waals surface area contributed by atoms with E-state index in [-0.39, 0.29) is 5.97 Å². The first-order valence-electron chi connectivity index (χ1n) is 6.48. The largest absolute Gasteiger partial charge is 0.468 e. The average Bonchev–Trinajstić information content (AvgIpc) is 3.09. The highest BCUT2D eigenvalue weighted by atomic mass is 16.5. The summed E-state index contributed by atoms with van der Waals surface area (Å²) >= 11 is 0. The number of aromatic amines is 1. The molecular formula is C13H18N2O3. The minimum atomic E-state index is -0.488. The van der Waals surface area contributed by atoms with Crippen LogP contribution in [0.1, 0.15) is 43.1 Å². The van der Waals surface area contributed by atoms with Gasteiger partial charge in [-0.3, -0.25) is 4.79 Å². The third kappa shape index (κ3) is 1.82. The van der Waals surface area contributed by atoms with Crippen molar-refractivity contribution in [3.8, 4) is 0 Å². The summed E-state index contributed by atoms with van der Waals surface area (Å²) in [5.74, 6) is 1.08. The number of aromatic nitrogens is 2. The minimum absolute atomic E-state index is 0.171. The normalized spacial score (nSPS) is 22.7. The Bertz CT molecular complexity index is 445. The van der Waals surface area contributed by atoms with E-state index in [1.54, 1.807) is 0 Å². The van der Waals surface area contributed by atoms with Gasteiger partial charge in [-0.05, 0) is 25.7 Å². The molecule has 98 valence electrons. The number of nitrogens with zero attached hydrogens (tertiary/aromatic N) is 1. The molecule has 0 amide bonds. The lowest BCUT2D eigenvalue weighted by molar-refractivity contribution is -0.143. The Balaban J connectivity index is 1.79. The Kier molecular flexibility index (Phi) is 2.86. The van der Waals surface area contributed by atoms with Gasteiger partial charge in [-0.15, -0.1) is 0 Å². The summed E-state index contributed by atoms with van der Waals surface area (Å²) in [5, 5.41) is 0. The molecule has 2 aliphatic rings. The van der Waals surface area contributed by atoms with E-state index >= 15 is 0 Å². The van der Waals surface area contributed by atoms with Gasteiger partial charge in [-0.1, -0.05) is 0 Å². The summed E-state index contributed by atoms with van der Waals surface area (Å²) in [6, 6.07) is 0. The van der Waals surface area contributed by atoms with Crippen molar-refractivity contribution < 1.29 is 14.3 Å². The summed E-state index contributed by atoms with van der Waals surface area (Å²) in [7, 11) is 1.44. The third-order valence-electron chi connectivity index (χ3n) is 4.04. The number of imidazole rings is 1. The van der Waals surface area contributed by atoms with E-state index < -0.39 is 5.41 Å². The van der Waals surface area contributed by atoms with E-state index in [0.29, 0.717) is 5.92 Å². The maximum absolute atomic E-state index is 11.8. The van der Waals surface area contributed by atoms with Gasteiger partial charge in [0.25, 0.3) is 0 Å². The van der Waals surface area contributed by atoms with E-state index in [1.807, 2.05) is 6.20 Å². The van der Waals surface area contributed by atoms with Crippen LogP contribution in [-0.2, 0) is 19.7 Å². The number of hydrogen-bond acceptors (Lipinski definition) is 4. The summed E-state index contributed by atoms with van der Waals surface area (Å²) in [6.45, 7) is 1.61. The lowest BCUT2D eigenvalue weighted by atomic mass is 9.97. The second-order valence-corrected chi connectivity index (χ2v) is 5.15. The predicted octanol–water partition coefficient (Wildman–Crippen LogP) is 1.51. The molecule has 18 heavy (non-hydrogen) atoms. The average molecular weight is 250 g/mol. The molecule has 0 aromatic carbocycles. The standard InChI is InChI=1S/C13H18N2O3/c1-17-12(16)13(4-5-13)11-14-8-10(15-11)9-2-6-18-7-3-9/h8-9H,2-7H2,1H3,(H,14,15). The maximum Gasteiger partial charge on any atom is 0.319 e. The monoisotopic (exact) mass is 250 g/mol. The van der Waals surface area contributed by atoms with Crippen molar-refractivity contribution in [2.45, 2.75) is 37.0 Å². The number of ether oxygens (including phenoxy) is 2. The molecule has 0 unspecified atom stereocenters. The molecule has 0 atom stereocenters. The Morgan fingerprint density at radius 1 is 1.50 bits per heavy atom. The van der Waals surface area contributed by atoms with Crippen LogP contribution >= 0.6 is 0 Å². The molecule has 0 bridgehead atoms. The number of H-pyrrole nitrogens is 1. The lowest BCUT2D eigenvalue weighted by Crippen LogP contribution is -2.23. The van der Waals surface area contributed by atoms with Crippen LogP contribution in [0.4, 0.5) is 0 Å². The SMILES string of the molecule is COC(=O)C1(c2ncc(C3CCOCC3)[nH]2)CC1. The fraction of sp³-hybridized carbons (Fsp3) is 0.692. The zero-order chi connectivity index (χ0) is 12.6. The second kappa shape index (κ2) is 4.39. The number of methoxy groups -OCH3 is 1. The van der Waals surface area contributed by atoms with Crippen LogP contribution in [-0.4, -0.2) is 36.3 Å². The fourth-order valence-corrected chi connectivity index (χ4v) is 2.65. The molecule has 2 heterocycles. The van der Waals surface area contributed by atoms with Crippen molar-refractivity contribution in [2.75, 3.05) is 20.3 Å². The van der Waals surface area contributed by atoms with Crippen LogP contribution in [0.2, 0.25) is 0 Å². The van der Waals surface area contributed by atoms with Crippen LogP contribution in [0.3, 0.4) is 0 Å². The first-order chi connectivity index (χ1) is 8.76. The minimum Gasteiger partial charge on any atom is -0.468 e. The number of nitrogens with one attached hydrogen (secondary N) is 1. The van der Waals surface area contributed by atoms with E-state index in [4.69, 9.17) is 9.47 Å². The van der Waals surface area contributed by atoms with Crippen LogP contribution < -0.4 is 0 Å². The highest BCUT2D eigenvalue weighted by Crippen LogP contribution is 2.48. The molecular weight excluding hydrogens is 232 g/mol. The molecule has 2 fully saturated rings. The van der Waals surface area contributed by atoms with Crippen molar-refractivity contribution in [1.82, 2.24) is 9.97 Å². The first-order valence-corrected chi connectivity index (χ1v) is 6.48. The van der Waals surface area contributed by atoms with Gasteiger partial charge in [-0.25, -0.2) is 4.98 Å². The summed E-state index contributed by atoms with van der Waals surface area (Å²) in [4.78, 5) is 19.5. The smallest absolute Gasteiger partial charge is 0.319 e. The van der Waals surface area contributed by atoms with Crippen LogP contribution in [0, 0.1) is 0 Å². The number of esters is 1. The van der Waals surface area contributed by atoms with Crippen molar-refractivity contribution in [1.29, 1.82) is 0 Å². The first kappa shape index (κ1) is 11.7. The predicted molar refractivity (Wildman–Crippen MR) is 64.3 cm³/mol. The number of carbonyl (C=O) groups is 1. The highest BCUT2D eigenvalue weighted by molar-refractivity contribution is 5.85. The molecule has 1 aromatic heterocycles. The Labute approximate surface area is 106 Å². The Morgan fingerprint density at radius 3 is 2.83 bits per heavy atom. The topological polar surface area (TPSA) is 64.2 Å². The van der Waals surface area contributed by atoms with Gasteiger partial charge in [0.05, 0.1) is 7.11 Å². The van der Waals surface area contributed by atoms with Crippen LogP contribution in [0.25, 0.3) is 0 Å². The van der Waals surface area contributed by atoms with Gasteiger partial charge in [-0.2, -0.15) is 0 Å². The van der Waals surface area contributed by atoms with E-state index in [2.05, 4.69) is 9.97 Å². The van der Waals surface area contributed by atoms with Gasteiger partial charge in [0, 0.05) is 31.0 Å². The van der Waals surface area contributed by atoms with Crippen molar-refractivity contribution in [2.24, 2.45) is 0 Å². The number of carbonyl (C=O) groups excluding carboxylic acids is 1. The number of rotatable bonds is 3. The van der Waals surface area contributed by atoms with E-state index in [9.17, 15) is 4.79 Å². The number of hydrogen-bond donors (Lipinski definition) is 1. The van der Waals surface area contributed by atoms with Crippen LogP contribution in [0.5, 0.6) is 0 Å². The van der Waals surface area contributed by atoms with Gasteiger partial charge < -0.3 is 14.5 Å². The molecule has 1 aromatic rings. The van der Waals surface area contributed by atoms with Gasteiger partial charge in [0.15, 0.2) is 0 Å². The summed E-state index contributed by atoms with van der Waals surface area (Å²) in [5.41, 5.74) is 0.640. The zero-order valence-corrected chi connectivity index (χ0v) is 10.6. The van der Waals surface area contributed by atoms with Gasteiger partial charge >= 0.3 is 5.97 Å². The summed E-state index contributed by atoms with van der Waals surface area (Å²) in [6.07, 6.45) is 5.58. The lowest BCUT2D eigenvalue weighted by Gasteiger charge is -2.20. The van der Waals surface area contributed by atoms with Crippen LogP contribution in [0.15, 0.2) is 6.20 Å². The second-order valence-electron chi connectivity index (χ2n) is 5.15. The third-order valence-corrected chi connectivity index (χ3v) is 4.04. The zero-order valence-electron chi connectivity index (χ0n) is 10.6. The Morgan fingerprint density at radius 2 is 2.22 bits per heavy atom. The fourth-order valence-electron chi connectivity index (χ4n) is 2.65. The maximum atomic E-state index is 11.8. The molecule has 0 spiro atoms. The Hall–Kier alpha value is -1.36. The highest BCUT2D eigenvalue weighted by Gasteiger charge is 2.55.